The Bertz CT molecular complexity index is 6170. The molecule has 1 saturated heterocycles. The van der Waals surface area contributed by atoms with E-state index in [9.17, 15) is 14.4 Å². The van der Waals surface area contributed by atoms with Crippen molar-refractivity contribution in [3.05, 3.63) is 246 Å². The smallest absolute Gasteiger partial charge is 0.291 e. The van der Waals surface area contributed by atoms with Crippen LogP contribution in [0.1, 0.15) is 300 Å². The highest BCUT2D eigenvalue weighted by Crippen LogP contribution is 2.52. The zero-order valence-electron chi connectivity index (χ0n) is 85.2. The molecule has 4 fully saturated rings. The summed E-state index contributed by atoms with van der Waals surface area (Å²) in [5.41, 5.74) is 15.0. The van der Waals surface area contributed by atoms with E-state index in [4.69, 9.17) is 60.6 Å². The van der Waals surface area contributed by atoms with Gasteiger partial charge in [-0.15, -0.1) is 0 Å². The number of rotatable bonds is 30. The van der Waals surface area contributed by atoms with Gasteiger partial charge in [-0.2, -0.15) is 29.9 Å². The Morgan fingerprint density at radius 2 is 0.693 bits per heavy atom. The zero-order chi connectivity index (χ0) is 99.3. The third-order valence-corrected chi connectivity index (χ3v) is 28.6. The Morgan fingerprint density at radius 3 is 1.06 bits per heavy atom. The molecule has 11 aromatic rings. The number of hydrogen-bond acceptors (Lipinski definition) is 26. The van der Waals surface area contributed by atoms with Crippen molar-refractivity contribution in [2.45, 2.75) is 284 Å². The van der Waals surface area contributed by atoms with Gasteiger partial charge in [0.05, 0.1) is 95.0 Å². The van der Waals surface area contributed by atoms with Crippen LogP contribution in [0.2, 0.25) is 0 Å². The molecule has 3 aliphatic carbocycles. The van der Waals surface area contributed by atoms with Crippen LogP contribution in [0.25, 0.3) is 0 Å². The molecule has 6 N–H and O–H groups in total. The van der Waals surface area contributed by atoms with Gasteiger partial charge in [0.15, 0.2) is 34.3 Å². The molecule has 0 bridgehead atoms. The van der Waals surface area contributed by atoms with Crippen molar-refractivity contribution in [1.29, 1.82) is 0 Å². The molecule has 0 spiro atoms. The minimum Gasteiger partial charge on any atom is -0.479 e. The average Bonchev–Trinajstić information content (AvgIpc) is 1.59. The number of benzene rings is 5. The van der Waals surface area contributed by atoms with Crippen LogP contribution in [0.4, 0.5) is 34.9 Å². The van der Waals surface area contributed by atoms with Crippen molar-refractivity contribution in [2.75, 3.05) is 87.6 Å². The predicted molar refractivity (Wildman–Crippen MR) is 539 cm³/mol. The second-order valence-corrected chi connectivity index (χ2v) is 41.1. The van der Waals surface area contributed by atoms with E-state index in [-0.39, 0.29) is 116 Å². The lowest BCUT2D eigenvalue weighted by Crippen LogP contribution is -2.39. The molecule has 7 aliphatic rings. The lowest BCUT2D eigenvalue weighted by atomic mass is 9.71. The first-order chi connectivity index (χ1) is 66.9. The fourth-order valence-corrected chi connectivity index (χ4v) is 21.7. The maximum atomic E-state index is 13.4. The Labute approximate surface area is 822 Å². The molecular weight excluding hydrogens is 1770 g/mol. The number of carbonyl (C=O) groups is 3. The van der Waals surface area contributed by atoms with Gasteiger partial charge < -0.3 is 92.5 Å². The molecule has 3 amide bonds. The van der Waals surface area contributed by atoms with Crippen LogP contribution in [-0.2, 0) is 85.0 Å². The van der Waals surface area contributed by atoms with Crippen LogP contribution in [0.15, 0.2) is 147 Å². The molecule has 5 aromatic carbocycles. The predicted octanol–water partition coefficient (Wildman–Crippen LogP) is 22.4. The summed E-state index contributed by atoms with van der Waals surface area (Å²) in [7, 11) is 9.04. The first-order valence-corrected chi connectivity index (χ1v) is 49.4. The lowest BCUT2D eigenvalue weighted by molar-refractivity contribution is -0.105. The normalized spacial score (nSPS) is 19.6. The van der Waals surface area contributed by atoms with Gasteiger partial charge in [0, 0.05) is 51.0 Å². The summed E-state index contributed by atoms with van der Waals surface area (Å²) in [4.78, 5) is 70.1. The maximum absolute atomic E-state index is 13.4. The summed E-state index contributed by atoms with van der Waals surface area (Å²) in [5, 5.41) is 19.0. The van der Waals surface area contributed by atoms with E-state index in [1.165, 1.54) is 133 Å². The molecule has 3 saturated carbocycles. The van der Waals surface area contributed by atoms with Crippen LogP contribution in [0, 0.1) is 32.6 Å². The van der Waals surface area contributed by atoms with Crippen molar-refractivity contribution in [1.82, 2.24) is 34.8 Å². The second kappa shape index (κ2) is 42.2. The zero-order valence-corrected chi connectivity index (χ0v) is 85.2. The molecule has 2 unspecified atom stereocenters. The third kappa shape index (κ3) is 22.8. The van der Waals surface area contributed by atoms with Crippen LogP contribution in [0.5, 0.6) is 35.3 Å². The van der Waals surface area contributed by atoms with Gasteiger partial charge in [-0.05, 0) is 275 Å². The molecule has 0 radical (unpaired) electrons. The number of carbonyl (C=O) groups excluding carboxylic acids is 3. The average molecular weight is 1910 g/mol. The standard InChI is InChI=1S/C37H45N5O5.C37H44N4O6.C37H50N4O5/c1-23-19-28-29(37(4,5)47-36(28,2)3)21-25(23)20-27-13-14-30(46-27)32(43)39-31-33(44-6)40-35(41-34(31)45-7)38-26-15-17-42(18-16-26)22-24-11-9-8-10-12-24;1-22-18-26-27(37(4,5)47-36(26,2)3)20-24(22)19-25-16-17-30(46-25)32(42)39-31-33(43-6)40-35(41-34(31)44-7)38-28-14-11-15-29(28)45-21-23-12-9-8-10-13-23;1-22-19-27-28(37(4,5)46-36(27,2)3)21-24(22)20-25-17-18-30(45-25)32(42)39-31-33(43-6)40-35(41-34(31)44-7)38-29-16-12-11-15-26(29)23-13-9-8-10-14-23/h8-14,19,21,26H,15-18,20,22H2,1-7H3,(H,39,43)(H,38,40,41);8-10,12-13,16-18,20,28-29H,11,14-15,19,21H2,1-7H3,(H,39,42)(H,38,40,41);17-19,21,23,26,29H,8-16,20H2,1-7H3,(H,39,42)(H,38,40,41)/t;28-,29-;/m.1./s1. The summed E-state index contributed by atoms with van der Waals surface area (Å²) >= 11 is 0. The Balaban J connectivity index is 0.000000151. The number of nitrogens with zero attached hydrogens (tertiary/aromatic N) is 7. The number of furan rings is 3. The third-order valence-electron chi connectivity index (χ3n) is 28.6. The van der Waals surface area contributed by atoms with Crippen molar-refractivity contribution in [2.24, 2.45) is 11.8 Å². The summed E-state index contributed by atoms with van der Waals surface area (Å²) < 4.78 is 76.9. The monoisotopic (exact) mass is 1910 g/mol. The Kier molecular flexibility index (Phi) is 30.3. The van der Waals surface area contributed by atoms with Crippen molar-refractivity contribution >= 4 is 52.6 Å². The Morgan fingerprint density at radius 1 is 0.364 bits per heavy atom. The number of likely N-dealkylation sites (tertiary alicyclic amines) is 1. The number of fused-ring (bicyclic) bond motifs is 3. The van der Waals surface area contributed by atoms with Crippen LogP contribution in [0.3, 0.4) is 0 Å². The molecular formula is C111H139N13O16. The van der Waals surface area contributed by atoms with E-state index >= 15 is 0 Å². The highest BCUT2D eigenvalue weighted by molar-refractivity contribution is 6.05. The van der Waals surface area contributed by atoms with Crippen molar-refractivity contribution in [3.63, 3.8) is 0 Å². The topological polar surface area (TPSA) is 336 Å². The second-order valence-electron chi connectivity index (χ2n) is 41.1. The largest absolute Gasteiger partial charge is 0.479 e. The molecule has 140 heavy (non-hydrogen) atoms. The van der Waals surface area contributed by atoms with Gasteiger partial charge >= 0.3 is 0 Å². The first-order valence-electron chi connectivity index (χ1n) is 49.4. The number of ether oxygens (including phenoxy) is 10. The fourth-order valence-electron chi connectivity index (χ4n) is 21.7. The molecule has 4 aliphatic heterocycles. The van der Waals surface area contributed by atoms with E-state index < -0.39 is 23.3 Å². The van der Waals surface area contributed by atoms with Crippen LogP contribution >= 0.6 is 0 Å². The Hall–Kier alpha value is -12.4. The lowest BCUT2D eigenvalue weighted by Gasteiger charge is -2.39. The number of anilines is 6. The quantitative estimate of drug-likeness (QED) is 0.0243. The van der Waals surface area contributed by atoms with Gasteiger partial charge in [-0.1, -0.05) is 142 Å². The van der Waals surface area contributed by atoms with E-state index in [1.807, 2.05) is 42.5 Å². The number of methoxy groups -OCH3 is 6. The van der Waals surface area contributed by atoms with Gasteiger partial charge in [-0.25, -0.2) is 0 Å². The van der Waals surface area contributed by atoms with E-state index in [0.29, 0.717) is 73.0 Å². The van der Waals surface area contributed by atoms with Gasteiger partial charge in [0.2, 0.25) is 53.1 Å². The van der Waals surface area contributed by atoms with E-state index in [2.05, 4.69) is 243 Å². The maximum Gasteiger partial charge on any atom is 0.291 e. The first kappa shape index (κ1) is 101. The molecule has 6 aromatic heterocycles. The number of nitrogens with one attached hydrogen (secondary N) is 6. The molecule has 4 atom stereocenters. The molecule has 29 heteroatoms. The van der Waals surface area contributed by atoms with Gasteiger partial charge in [0.25, 0.3) is 17.7 Å². The number of aromatic nitrogens is 6. The minimum atomic E-state index is -0.468. The number of amides is 3. The van der Waals surface area contributed by atoms with Crippen molar-refractivity contribution in [3.8, 4) is 35.3 Å². The van der Waals surface area contributed by atoms with Crippen molar-refractivity contribution < 1.29 is 75.0 Å². The fraction of sp³-hybridized carbons (Fsp3) is 0.486. The van der Waals surface area contributed by atoms with Crippen LogP contribution in [-0.4, -0.2) is 133 Å². The minimum absolute atomic E-state index is 0.00980. The molecule has 744 valence electrons. The number of piperidine rings is 1. The summed E-state index contributed by atoms with van der Waals surface area (Å²) in [6, 6.07) is 45.0. The van der Waals surface area contributed by atoms with E-state index in [0.717, 1.165) is 103 Å². The molecule has 29 nitrogen and oxygen atoms in total. The summed E-state index contributed by atoms with van der Waals surface area (Å²) in [6.45, 7) is 34.9. The SMILES string of the molecule is COc1nc(NC2CCCCC2C2CCCCC2)nc(OC)c1NC(=O)c1ccc(Cc2cc3c(cc2C)C(C)(C)OC3(C)C)o1.COc1nc(NC2CCN(Cc3ccccc3)CC2)nc(OC)c1NC(=O)c1ccc(Cc2cc3c(cc2C)C(C)(C)OC3(C)C)o1.COc1nc(N[C@@H]2CCC[C@H]2OCc2ccccc2)nc(OC)c1NC(=O)c1ccc(Cc2cc3c(cc2C)C(C)(C)OC3(C)C)o1. The molecule has 10 heterocycles. The molecule has 18 rings (SSSR count). The summed E-state index contributed by atoms with van der Waals surface area (Å²) in [5.74, 6) is 4.95. The van der Waals surface area contributed by atoms with Gasteiger partial charge in [0.1, 0.15) is 17.3 Å². The van der Waals surface area contributed by atoms with Crippen LogP contribution < -0.4 is 60.3 Å². The van der Waals surface area contributed by atoms with Gasteiger partial charge in [-0.3, -0.25) is 19.3 Å². The number of hydrogen-bond donors (Lipinski definition) is 6. The highest BCUT2D eigenvalue weighted by atomic mass is 16.5. The van der Waals surface area contributed by atoms with E-state index in [1.54, 1.807) is 18.2 Å². The summed E-state index contributed by atoms with van der Waals surface area (Å²) in [6.07, 6.45) is 17.9. The number of aryl methyl sites for hydroxylation is 3. The highest BCUT2D eigenvalue weighted by Gasteiger charge is 2.47.